The van der Waals surface area contributed by atoms with E-state index in [-0.39, 0.29) is 0 Å². The molecule has 1 unspecified atom stereocenters. The Balaban J connectivity index is 1.92. The summed E-state index contributed by atoms with van der Waals surface area (Å²) in [6.07, 6.45) is 1.39. The molecule has 0 aliphatic carbocycles. The molecule has 0 radical (unpaired) electrons. The first-order valence-electron chi connectivity index (χ1n) is 5.87. The molecule has 1 N–H and O–H groups in total. The van der Waals surface area contributed by atoms with Crippen LogP contribution < -0.4 is 5.32 Å². The Morgan fingerprint density at radius 3 is 2.71 bits per heavy atom. The van der Waals surface area contributed by atoms with E-state index in [1.54, 1.807) is 0 Å². The summed E-state index contributed by atoms with van der Waals surface area (Å²) in [5, 5.41) is 3.42. The van der Waals surface area contributed by atoms with E-state index in [4.69, 9.17) is 0 Å². The number of hydrogen-bond donors (Lipinski definition) is 1. The third kappa shape index (κ3) is 4.67. The first-order chi connectivity index (χ1) is 6.86. The Bertz CT molecular complexity index is 127. The van der Waals surface area contributed by atoms with E-state index < -0.39 is 0 Å². The molecule has 14 heavy (non-hydrogen) atoms. The Kier molecular flexibility index (Phi) is 6.65. The van der Waals surface area contributed by atoms with Crippen LogP contribution in [0.4, 0.5) is 0 Å². The van der Waals surface area contributed by atoms with Crippen LogP contribution in [0.15, 0.2) is 0 Å². The standard InChI is InChI=1S/C11H24N2S/c1-3-13(4-2)7-8-14-10-11-5-6-12-9-11/h11-12H,3-10H2,1-2H3. The molecule has 3 heteroatoms. The molecule has 1 saturated heterocycles. The van der Waals surface area contributed by atoms with Crippen LogP contribution in [0.1, 0.15) is 20.3 Å². The number of nitrogens with zero attached hydrogens (tertiary/aromatic N) is 1. The fourth-order valence-corrected chi connectivity index (χ4v) is 3.01. The highest BCUT2D eigenvalue weighted by atomic mass is 32.2. The van der Waals surface area contributed by atoms with E-state index in [1.807, 2.05) is 0 Å². The van der Waals surface area contributed by atoms with Gasteiger partial charge in [-0.25, -0.2) is 0 Å². The van der Waals surface area contributed by atoms with E-state index in [1.165, 1.54) is 50.7 Å². The number of thioether (sulfide) groups is 1. The Morgan fingerprint density at radius 2 is 2.14 bits per heavy atom. The van der Waals surface area contributed by atoms with Gasteiger partial charge in [-0.15, -0.1) is 0 Å². The van der Waals surface area contributed by atoms with Crippen LogP contribution >= 0.6 is 11.8 Å². The molecule has 1 rings (SSSR count). The van der Waals surface area contributed by atoms with Crippen molar-refractivity contribution in [3.8, 4) is 0 Å². The van der Waals surface area contributed by atoms with E-state index in [0.717, 1.165) is 5.92 Å². The van der Waals surface area contributed by atoms with Crippen molar-refractivity contribution in [2.45, 2.75) is 20.3 Å². The highest BCUT2D eigenvalue weighted by molar-refractivity contribution is 7.99. The van der Waals surface area contributed by atoms with Crippen LogP contribution in [0.5, 0.6) is 0 Å². The van der Waals surface area contributed by atoms with Gasteiger partial charge in [0.2, 0.25) is 0 Å². The van der Waals surface area contributed by atoms with Crippen LogP contribution in [-0.4, -0.2) is 49.1 Å². The van der Waals surface area contributed by atoms with Crippen LogP contribution in [0, 0.1) is 5.92 Å². The molecule has 0 aromatic carbocycles. The molecule has 0 aromatic heterocycles. The van der Waals surface area contributed by atoms with Gasteiger partial charge in [-0.3, -0.25) is 0 Å². The quantitative estimate of drug-likeness (QED) is 0.652. The van der Waals surface area contributed by atoms with Crippen LogP contribution in [0.25, 0.3) is 0 Å². The topological polar surface area (TPSA) is 15.3 Å². The second-order valence-electron chi connectivity index (χ2n) is 3.96. The van der Waals surface area contributed by atoms with Gasteiger partial charge >= 0.3 is 0 Å². The molecule has 1 atom stereocenters. The molecule has 1 heterocycles. The molecule has 0 aromatic rings. The Labute approximate surface area is 92.8 Å². The molecule has 2 nitrogen and oxygen atoms in total. The SMILES string of the molecule is CCN(CC)CCSCC1CCNC1. The van der Waals surface area contributed by atoms with Crippen molar-refractivity contribution in [1.29, 1.82) is 0 Å². The van der Waals surface area contributed by atoms with Gasteiger partial charge in [0.25, 0.3) is 0 Å². The first kappa shape index (κ1) is 12.3. The van der Waals surface area contributed by atoms with Gasteiger partial charge in [-0.2, -0.15) is 11.8 Å². The van der Waals surface area contributed by atoms with Crippen molar-refractivity contribution in [3.63, 3.8) is 0 Å². The average molecular weight is 216 g/mol. The van der Waals surface area contributed by atoms with E-state index >= 15 is 0 Å². The predicted octanol–water partition coefficient (Wildman–Crippen LogP) is 1.67. The lowest BCUT2D eigenvalue weighted by Gasteiger charge is -2.17. The van der Waals surface area contributed by atoms with E-state index in [9.17, 15) is 0 Å². The summed E-state index contributed by atoms with van der Waals surface area (Å²) in [5.74, 6) is 3.60. The van der Waals surface area contributed by atoms with E-state index in [2.05, 4.69) is 35.8 Å². The molecular formula is C11H24N2S. The van der Waals surface area contributed by atoms with Crippen molar-refractivity contribution in [3.05, 3.63) is 0 Å². The Morgan fingerprint density at radius 1 is 1.36 bits per heavy atom. The zero-order valence-corrected chi connectivity index (χ0v) is 10.4. The minimum Gasteiger partial charge on any atom is -0.316 e. The fourth-order valence-electron chi connectivity index (χ4n) is 1.84. The molecule has 84 valence electrons. The van der Waals surface area contributed by atoms with Gasteiger partial charge in [0, 0.05) is 12.3 Å². The second kappa shape index (κ2) is 7.55. The summed E-state index contributed by atoms with van der Waals surface area (Å²) in [7, 11) is 0. The summed E-state index contributed by atoms with van der Waals surface area (Å²) < 4.78 is 0. The number of hydrogen-bond acceptors (Lipinski definition) is 3. The Hall–Kier alpha value is 0.270. The average Bonchev–Trinajstić information content (AvgIpc) is 2.71. The summed E-state index contributed by atoms with van der Waals surface area (Å²) in [6, 6.07) is 0. The van der Waals surface area contributed by atoms with Gasteiger partial charge in [-0.1, -0.05) is 13.8 Å². The fraction of sp³-hybridized carbons (Fsp3) is 1.00. The van der Waals surface area contributed by atoms with Crippen LogP contribution in [0.3, 0.4) is 0 Å². The van der Waals surface area contributed by atoms with E-state index in [0.29, 0.717) is 0 Å². The van der Waals surface area contributed by atoms with Crippen LogP contribution in [0.2, 0.25) is 0 Å². The van der Waals surface area contributed by atoms with Crippen molar-refractivity contribution in [2.75, 3.05) is 44.2 Å². The second-order valence-corrected chi connectivity index (χ2v) is 5.11. The van der Waals surface area contributed by atoms with Gasteiger partial charge in [0.05, 0.1) is 0 Å². The largest absolute Gasteiger partial charge is 0.316 e. The van der Waals surface area contributed by atoms with Crippen molar-refractivity contribution in [2.24, 2.45) is 5.92 Å². The molecule has 1 fully saturated rings. The van der Waals surface area contributed by atoms with Gasteiger partial charge in [0.15, 0.2) is 0 Å². The number of nitrogens with one attached hydrogen (secondary N) is 1. The zero-order valence-electron chi connectivity index (χ0n) is 9.59. The highest BCUT2D eigenvalue weighted by Crippen LogP contribution is 2.14. The molecule has 1 aliphatic heterocycles. The third-order valence-corrected chi connectivity index (χ3v) is 4.14. The maximum atomic E-state index is 3.42. The molecule has 0 saturated carbocycles. The summed E-state index contributed by atoms with van der Waals surface area (Å²) >= 11 is 2.13. The van der Waals surface area contributed by atoms with Gasteiger partial charge in [0.1, 0.15) is 0 Å². The lowest BCUT2D eigenvalue weighted by Crippen LogP contribution is -2.25. The van der Waals surface area contributed by atoms with Crippen molar-refractivity contribution in [1.82, 2.24) is 10.2 Å². The van der Waals surface area contributed by atoms with Gasteiger partial charge in [-0.05, 0) is 44.3 Å². The molecule has 0 spiro atoms. The highest BCUT2D eigenvalue weighted by Gasteiger charge is 2.13. The monoisotopic (exact) mass is 216 g/mol. The number of rotatable bonds is 7. The third-order valence-electron chi connectivity index (χ3n) is 2.96. The van der Waals surface area contributed by atoms with Crippen molar-refractivity contribution < 1.29 is 0 Å². The maximum absolute atomic E-state index is 3.42. The lowest BCUT2D eigenvalue weighted by atomic mass is 10.2. The van der Waals surface area contributed by atoms with Crippen molar-refractivity contribution >= 4 is 11.8 Å². The molecule has 1 aliphatic rings. The molecular weight excluding hydrogens is 192 g/mol. The molecule has 0 bridgehead atoms. The summed E-state index contributed by atoms with van der Waals surface area (Å²) in [4.78, 5) is 2.50. The maximum Gasteiger partial charge on any atom is 0.00721 e. The summed E-state index contributed by atoms with van der Waals surface area (Å²) in [5.41, 5.74) is 0. The minimum absolute atomic E-state index is 0.941. The summed E-state index contributed by atoms with van der Waals surface area (Å²) in [6.45, 7) is 10.6. The smallest absolute Gasteiger partial charge is 0.00721 e. The first-order valence-corrected chi connectivity index (χ1v) is 7.03. The molecule has 0 amide bonds. The predicted molar refractivity (Wildman–Crippen MR) is 66.1 cm³/mol. The lowest BCUT2D eigenvalue weighted by molar-refractivity contribution is 0.324. The minimum atomic E-state index is 0.941. The normalized spacial score (nSPS) is 22.1. The van der Waals surface area contributed by atoms with Gasteiger partial charge < -0.3 is 10.2 Å². The van der Waals surface area contributed by atoms with Crippen LogP contribution in [-0.2, 0) is 0 Å². The zero-order chi connectivity index (χ0) is 10.2.